The lowest BCUT2D eigenvalue weighted by molar-refractivity contribution is -0.149. The lowest BCUT2D eigenvalue weighted by atomic mass is 10.1. The summed E-state index contributed by atoms with van der Waals surface area (Å²) in [6.07, 6.45) is 43.5. The molecule has 0 aliphatic heterocycles. The van der Waals surface area contributed by atoms with Crippen LogP contribution >= 0.6 is 0 Å². The molecule has 8 nitrogen and oxygen atoms in total. The molecule has 0 aliphatic carbocycles. The number of nitrogens with two attached hydrogens (primary N) is 1. The summed E-state index contributed by atoms with van der Waals surface area (Å²) in [7, 11) is 0. The van der Waals surface area contributed by atoms with Crippen molar-refractivity contribution >= 4 is 24.1 Å². The van der Waals surface area contributed by atoms with Crippen molar-refractivity contribution in [3.63, 3.8) is 0 Å². The highest BCUT2D eigenvalue weighted by Crippen LogP contribution is 2.14. The van der Waals surface area contributed by atoms with Gasteiger partial charge in [0.1, 0.15) is 6.04 Å². The smallest absolute Gasteiger partial charge is 0.320 e. The standard InChI is InChI=1S/C50H84N2O6/c1-3-5-7-9-11-13-15-17-19-21-23-25-27-29-31-33-48(53)57-42-46(41-52-40-45-37-35-44(36-38-45)39-47(51)50(55)56)43-58-49(54)34-32-30-28-26-24-22-20-18-16-14-12-10-8-6-4-2/h17-20,35-38,40,46-47H,3-16,21-34,39,41-43,51H2,1-2H3,(H,55,56)/b19-17-,20-18-,52-40-. The molecule has 1 aromatic rings. The van der Waals surface area contributed by atoms with Gasteiger partial charge in [0.25, 0.3) is 0 Å². The molecular weight excluding hydrogens is 725 g/mol. The quantitative estimate of drug-likeness (QED) is 0.0292. The minimum atomic E-state index is -1.03. The molecule has 3 N–H and O–H groups in total. The number of carbonyl (C=O) groups excluding carboxylic acids is 2. The number of nitrogens with zero attached hydrogens (tertiary/aromatic N) is 1. The number of hydrogen-bond acceptors (Lipinski definition) is 7. The molecule has 0 aromatic heterocycles. The first-order valence-electron chi connectivity index (χ1n) is 23.5. The lowest BCUT2D eigenvalue weighted by Crippen LogP contribution is -2.32. The van der Waals surface area contributed by atoms with E-state index in [2.05, 4.69) is 43.1 Å². The van der Waals surface area contributed by atoms with Gasteiger partial charge in [-0.15, -0.1) is 0 Å². The number of hydrogen-bond donors (Lipinski definition) is 2. The first-order valence-corrected chi connectivity index (χ1v) is 23.5. The Morgan fingerprint density at radius 2 is 0.966 bits per heavy atom. The van der Waals surface area contributed by atoms with Gasteiger partial charge in [0.05, 0.1) is 13.2 Å². The maximum Gasteiger partial charge on any atom is 0.320 e. The molecule has 1 atom stereocenters. The minimum absolute atomic E-state index is 0.147. The largest absolute Gasteiger partial charge is 0.480 e. The van der Waals surface area contributed by atoms with E-state index in [4.69, 9.17) is 20.3 Å². The average molecular weight is 809 g/mol. The van der Waals surface area contributed by atoms with Crippen molar-refractivity contribution < 1.29 is 29.0 Å². The lowest BCUT2D eigenvalue weighted by Gasteiger charge is -2.15. The summed E-state index contributed by atoms with van der Waals surface area (Å²) >= 11 is 0. The van der Waals surface area contributed by atoms with Crippen molar-refractivity contribution in [1.82, 2.24) is 0 Å². The fourth-order valence-corrected chi connectivity index (χ4v) is 6.79. The van der Waals surface area contributed by atoms with Gasteiger partial charge in [0.15, 0.2) is 0 Å². The van der Waals surface area contributed by atoms with E-state index >= 15 is 0 Å². The monoisotopic (exact) mass is 809 g/mol. The number of carboxylic acids is 1. The fraction of sp³-hybridized carbons (Fsp3) is 0.720. The van der Waals surface area contributed by atoms with Crippen LogP contribution in [0.15, 0.2) is 53.6 Å². The molecule has 1 unspecified atom stereocenters. The van der Waals surface area contributed by atoms with E-state index in [1.807, 2.05) is 24.3 Å². The molecule has 0 aliphatic rings. The summed E-state index contributed by atoms with van der Waals surface area (Å²) in [5, 5.41) is 9.08. The van der Waals surface area contributed by atoms with Gasteiger partial charge in [-0.1, -0.05) is 165 Å². The van der Waals surface area contributed by atoms with Gasteiger partial charge in [-0.2, -0.15) is 0 Å². The van der Waals surface area contributed by atoms with Crippen LogP contribution in [0.25, 0.3) is 0 Å². The van der Waals surface area contributed by atoms with Gasteiger partial charge in [-0.3, -0.25) is 19.4 Å². The van der Waals surface area contributed by atoms with Crippen molar-refractivity contribution in [2.45, 2.75) is 206 Å². The zero-order valence-electron chi connectivity index (χ0n) is 37.0. The summed E-state index contributed by atoms with van der Waals surface area (Å²) in [5.74, 6) is -1.72. The summed E-state index contributed by atoms with van der Waals surface area (Å²) in [4.78, 5) is 40.9. The highest BCUT2D eigenvalue weighted by Gasteiger charge is 2.15. The number of allylic oxidation sites excluding steroid dienone is 4. The first-order chi connectivity index (χ1) is 28.3. The van der Waals surface area contributed by atoms with Gasteiger partial charge >= 0.3 is 17.9 Å². The Kier molecular flexibility index (Phi) is 35.7. The first kappa shape index (κ1) is 52.8. The molecule has 0 saturated heterocycles. The van der Waals surface area contributed by atoms with E-state index in [1.165, 1.54) is 116 Å². The van der Waals surface area contributed by atoms with Crippen molar-refractivity contribution in [3.8, 4) is 0 Å². The van der Waals surface area contributed by atoms with Crippen LogP contribution in [-0.2, 0) is 30.3 Å². The Morgan fingerprint density at radius 1 is 0.586 bits per heavy atom. The summed E-state index contributed by atoms with van der Waals surface area (Å²) in [5.41, 5.74) is 7.35. The number of carboxylic acid groups (broad SMARTS) is 1. The number of aliphatic carboxylic acids is 1. The molecular formula is C50H84N2O6. The third-order valence-corrected chi connectivity index (χ3v) is 10.6. The molecule has 1 rings (SSSR count). The van der Waals surface area contributed by atoms with Crippen LogP contribution in [0.1, 0.15) is 205 Å². The van der Waals surface area contributed by atoms with Crippen LogP contribution in [0, 0.1) is 5.92 Å². The second-order valence-corrected chi connectivity index (χ2v) is 16.3. The van der Waals surface area contributed by atoms with E-state index < -0.39 is 12.0 Å². The third kappa shape index (κ3) is 33.7. The molecule has 0 bridgehead atoms. The number of carbonyl (C=O) groups is 3. The number of ether oxygens (including phenoxy) is 2. The molecule has 0 saturated carbocycles. The van der Waals surface area contributed by atoms with Crippen molar-refractivity contribution in [2.75, 3.05) is 19.8 Å². The van der Waals surface area contributed by atoms with E-state index in [9.17, 15) is 14.4 Å². The highest BCUT2D eigenvalue weighted by atomic mass is 16.5. The van der Waals surface area contributed by atoms with Gasteiger partial charge in [-0.05, 0) is 81.8 Å². The Hall–Kier alpha value is -3.26. The van der Waals surface area contributed by atoms with Crippen molar-refractivity contribution in [3.05, 3.63) is 59.7 Å². The van der Waals surface area contributed by atoms with Crippen molar-refractivity contribution in [1.29, 1.82) is 0 Å². The molecule has 330 valence electrons. The number of benzene rings is 1. The number of rotatable bonds is 40. The van der Waals surface area contributed by atoms with E-state index in [-0.39, 0.29) is 37.5 Å². The molecule has 8 heteroatoms. The Balaban J connectivity index is 2.37. The van der Waals surface area contributed by atoms with Crippen LogP contribution < -0.4 is 5.73 Å². The average Bonchev–Trinajstić information content (AvgIpc) is 3.22. The maximum absolute atomic E-state index is 12.6. The molecule has 1 aromatic carbocycles. The number of aliphatic imine (C=N–C) groups is 1. The second-order valence-electron chi connectivity index (χ2n) is 16.3. The minimum Gasteiger partial charge on any atom is -0.480 e. The SMILES string of the molecule is CCCCCCCC/C=C\CCCCCCCC(=O)OCC(C/N=C\c1ccc(CC(N)C(=O)O)cc1)COC(=O)CCCCCCC/C=C\CCCCCCCC. The fourth-order valence-electron chi connectivity index (χ4n) is 6.79. The predicted molar refractivity (Wildman–Crippen MR) is 243 cm³/mol. The molecule has 0 spiro atoms. The van der Waals surface area contributed by atoms with Gasteiger partial charge < -0.3 is 20.3 Å². The zero-order chi connectivity index (χ0) is 42.2. The van der Waals surface area contributed by atoms with E-state index in [0.29, 0.717) is 19.4 Å². The van der Waals surface area contributed by atoms with Crippen LogP contribution in [-0.4, -0.2) is 55.0 Å². The summed E-state index contributed by atoms with van der Waals surface area (Å²) in [6, 6.07) is 6.47. The second kappa shape index (κ2) is 39.2. The van der Waals surface area contributed by atoms with Gasteiger partial charge in [-0.25, -0.2) is 0 Å². The molecule has 0 amide bonds. The predicted octanol–water partition coefficient (Wildman–Crippen LogP) is 12.8. The maximum atomic E-state index is 12.6. The molecule has 0 fully saturated rings. The number of esters is 2. The van der Waals surface area contributed by atoms with Crippen LogP contribution in [0.4, 0.5) is 0 Å². The third-order valence-electron chi connectivity index (χ3n) is 10.6. The summed E-state index contributed by atoms with van der Waals surface area (Å²) in [6.45, 7) is 5.15. The van der Waals surface area contributed by atoms with Crippen LogP contribution in [0.2, 0.25) is 0 Å². The van der Waals surface area contributed by atoms with Gasteiger partial charge in [0, 0.05) is 31.5 Å². The normalized spacial score (nSPS) is 12.3. The molecule has 0 radical (unpaired) electrons. The highest BCUT2D eigenvalue weighted by molar-refractivity contribution is 5.79. The van der Waals surface area contributed by atoms with E-state index in [1.54, 1.807) is 6.21 Å². The summed E-state index contributed by atoms with van der Waals surface area (Å²) < 4.78 is 11.3. The Bertz CT molecular complexity index is 1170. The zero-order valence-corrected chi connectivity index (χ0v) is 37.0. The molecule has 58 heavy (non-hydrogen) atoms. The van der Waals surface area contributed by atoms with Gasteiger partial charge in [0.2, 0.25) is 0 Å². The van der Waals surface area contributed by atoms with E-state index in [0.717, 1.165) is 62.5 Å². The topological polar surface area (TPSA) is 128 Å². The van der Waals surface area contributed by atoms with Crippen LogP contribution in [0.3, 0.4) is 0 Å². The number of unbranched alkanes of at least 4 members (excludes halogenated alkanes) is 22. The van der Waals surface area contributed by atoms with Crippen LogP contribution in [0.5, 0.6) is 0 Å². The Morgan fingerprint density at radius 3 is 1.36 bits per heavy atom. The van der Waals surface area contributed by atoms with Crippen molar-refractivity contribution in [2.24, 2.45) is 16.6 Å². The molecule has 0 heterocycles. The Labute approximate surface area is 354 Å².